The molecule has 0 radical (unpaired) electrons. The topological polar surface area (TPSA) is 48.1 Å². The van der Waals surface area contributed by atoms with E-state index < -0.39 is 0 Å². The summed E-state index contributed by atoms with van der Waals surface area (Å²) < 4.78 is 19.2. The van der Waals surface area contributed by atoms with E-state index in [1.807, 2.05) is 6.92 Å². The lowest BCUT2D eigenvalue weighted by atomic mass is 10.3. The number of halogens is 2. The second-order valence-corrected chi connectivity index (χ2v) is 4.51. The fourth-order valence-electron chi connectivity index (χ4n) is 1.39. The molecule has 1 aromatic carbocycles. The van der Waals surface area contributed by atoms with Crippen LogP contribution in [0.15, 0.2) is 34.9 Å². The largest absolute Gasteiger partial charge is 0.439 e. The van der Waals surface area contributed by atoms with Gasteiger partial charge in [-0.1, -0.05) is 15.9 Å². The Labute approximate surface area is 107 Å². The molecule has 0 amide bonds. The Morgan fingerprint density at radius 2 is 2.06 bits per heavy atom. The molecule has 0 fully saturated rings. The van der Waals surface area contributed by atoms with Crippen molar-refractivity contribution in [3.63, 3.8) is 0 Å². The summed E-state index contributed by atoms with van der Waals surface area (Å²) in [6.45, 7) is 1.83. The molecule has 0 aliphatic rings. The van der Waals surface area contributed by atoms with Crippen LogP contribution in [0.1, 0.15) is 5.56 Å². The molecule has 0 bridgehead atoms. The van der Waals surface area contributed by atoms with Gasteiger partial charge in [-0.15, -0.1) is 0 Å². The van der Waals surface area contributed by atoms with Crippen molar-refractivity contribution in [1.82, 2.24) is 4.98 Å². The summed E-state index contributed by atoms with van der Waals surface area (Å²) in [5, 5.41) is 0. The maximum absolute atomic E-state index is 13.1. The zero-order valence-electron chi connectivity index (χ0n) is 9.08. The van der Waals surface area contributed by atoms with Gasteiger partial charge in [-0.05, 0) is 25.1 Å². The number of anilines is 1. The first kappa shape index (κ1) is 11.9. The number of nitrogens with two attached hydrogens (primary N) is 1. The summed E-state index contributed by atoms with van der Waals surface area (Å²) in [6, 6.07) is 6.07. The fraction of sp³-hybridized carbons (Fsp3) is 0.0833. The summed E-state index contributed by atoms with van der Waals surface area (Å²) in [5.41, 5.74) is 6.95. The van der Waals surface area contributed by atoms with Crippen LogP contribution in [-0.2, 0) is 0 Å². The monoisotopic (exact) mass is 296 g/mol. The normalized spacial score (nSPS) is 10.3. The quantitative estimate of drug-likeness (QED) is 0.920. The van der Waals surface area contributed by atoms with Crippen molar-refractivity contribution in [2.75, 3.05) is 5.73 Å². The highest BCUT2D eigenvalue weighted by Gasteiger charge is 2.05. The van der Waals surface area contributed by atoms with Gasteiger partial charge in [0.2, 0.25) is 5.88 Å². The Hall–Kier alpha value is -1.62. The number of aryl methyl sites for hydroxylation is 1. The second-order valence-electron chi connectivity index (χ2n) is 3.60. The zero-order valence-corrected chi connectivity index (χ0v) is 10.7. The van der Waals surface area contributed by atoms with Gasteiger partial charge in [0.25, 0.3) is 0 Å². The van der Waals surface area contributed by atoms with Crippen LogP contribution in [0.3, 0.4) is 0 Å². The van der Waals surface area contributed by atoms with Gasteiger partial charge >= 0.3 is 0 Å². The smallest absolute Gasteiger partial charge is 0.222 e. The number of hydrogen-bond donors (Lipinski definition) is 1. The number of ether oxygens (including phenoxy) is 1. The molecule has 0 aliphatic heterocycles. The van der Waals surface area contributed by atoms with Gasteiger partial charge in [0.15, 0.2) is 0 Å². The minimum Gasteiger partial charge on any atom is -0.439 e. The SMILES string of the molecule is Cc1cc(N)cnc1Oc1cc(F)cc(Br)c1. The van der Waals surface area contributed by atoms with Gasteiger partial charge in [-0.3, -0.25) is 0 Å². The Balaban J connectivity index is 2.31. The molecule has 0 unspecified atom stereocenters. The standard InChI is InChI=1S/C12H10BrFN2O/c1-7-2-10(15)6-16-12(7)17-11-4-8(13)3-9(14)5-11/h2-6H,15H2,1H3. The summed E-state index contributed by atoms with van der Waals surface area (Å²) in [4.78, 5) is 4.05. The van der Waals surface area contributed by atoms with E-state index >= 15 is 0 Å². The summed E-state index contributed by atoms with van der Waals surface area (Å²) >= 11 is 3.20. The lowest BCUT2D eigenvalue weighted by Gasteiger charge is -2.08. The third-order valence-corrected chi connectivity index (χ3v) is 2.56. The Morgan fingerprint density at radius 1 is 1.29 bits per heavy atom. The van der Waals surface area contributed by atoms with Crippen molar-refractivity contribution in [2.45, 2.75) is 6.92 Å². The highest BCUT2D eigenvalue weighted by atomic mass is 79.9. The molecule has 2 aromatic rings. The van der Waals surface area contributed by atoms with E-state index in [9.17, 15) is 4.39 Å². The van der Waals surface area contributed by atoms with Crippen molar-refractivity contribution in [2.24, 2.45) is 0 Å². The number of nitrogen functional groups attached to an aromatic ring is 1. The molecular weight excluding hydrogens is 287 g/mol. The van der Waals surface area contributed by atoms with Gasteiger partial charge in [0.05, 0.1) is 11.9 Å². The van der Waals surface area contributed by atoms with Crippen molar-refractivity contribution in [3.8, 4) is 11.6 Å². The molecular formula is C12H10BrFN2O. The molecule has 2 rings (SSSR count). The van der Waals surface area contributed by atoms with Crippen molar-refractivity contribution >= 4 is 21.6 Å². The molecule has 3 nitrogen and oxygen atoms in total. The molecule has 5 heteroatoms. The van der Waals surface area contributed by atoms with E-state index in [0.29, 0.717) is 21.8 Å². The van der Waals surface area contributed by atoms with E-state index in [-0.39, 0.29) is 5.82 Å². The summed E-state index contributed by atoms with van der Waals surface area (Å²) in [5.74, 6) is 0.427. The maximum Gasteiger partial charge on any atom is 0.222 e. The first-order chi connectivity index (χ1) is 8.04. The van der Waals surface area contributed by atoms with E-state index in [4.69, 9.17) is 10.5 Å². The number of pyridine rings is 1. The fourth-order valence-corrected chi connectivity index (χ4v) is 1.83. The molecule has 0 saturated heterocycles. The van der Waals surface area contributed by atoms with Crippen LogP contribution in [0.25, 0.3) is 0 Å². The maximum atomic E-state index is 13.1. The van der Waals surface area contributed by atoms with Gasteiger partial charge < -0.3 is 10.5 Å². The minimum atomic E-state index is -0.373. The molecule has 0 aliphatic carbocycles. The zero-order chi connectivity index (χ0) is 12.4. The third kappa shape index (κ3) is 2.94. The molecule has 17 heavy (non-hydrogen) atoms. The van der Waals surface area contributed by atoms with Gasteiger partial charge in [0.1, 0.15) is 11.6 Å². The lowest BCUT2D eigenvalue weighted by Crippen LogP contribution is -1.94. The number of rotatable bonds is 2. The predicted molar refractivity (Wildman–Crippen MR) is 67.6 cm³/mol. The van der Waals surface area contributed by atoms with Crippen LogP contribution in [0.2, 0.25) is 0 Å². The predicted octanol–water partition coefficient (Wildman–Crippen LogP) is 3.67. The molecule has 0 atom stereocenters. The van der Waals surface area contributed by atoms with Gasteiger partial charge in [0, 0.05) is 16.1 Å². The van der Waals surface area contributed by atoms with Gasteiger partial charge in [-0.2, -0.15) is 0 Å². The van der Waals surface area contributed by atoms with E-state index in [2.05, 4.69) is 20.9 Å². The first-order valence-electron chi connectivity index (χ1n) is 4.90. The van der Waals surface area contributed by atoms with Crippen LogP contribution >= 0.6 is 15.9 Å². The third-order valence-electron chi connectivity index (χ3n) is 2.10. The number of nitrogens with zero attached hydrogens (tertiary/aromatic N) is 1. The molecule has 88 valence electrons. The van der Waals surface area contributed by atoms with E-state index in [0.717, 1.165) is 5.56 Å². The van der Waals surface area contributed by atoms with Crippen molar-refractivity contribution < 1.29 is 9.13 Å². The summed E-state index contributed by atoms with van der Waals surface area (Å²) in [6.07, 6.45) is 1.50. The van der Waals surface area contributed by atoms with Crippen LogP contribution in [0.4, 0.5) is 10.1 Å². The van der Waals surface area contributed by atoms with Crippen LogP contribution in [0.5, 0.6) is 11.6 Å². The molecule has 1 aromatic heterocycles. The Bertz CT molecular complexity index is 540. The average Bonchev–Trinajstić information content (AvgIpc) is 2.21. The Morgan fingerprint density at radius 3 is 2.71 bits per heavy atom. The van der Waals surface area contributed by atoms with Gasteiger partial charge in [-0.25, -0.2) is 9.37 Å². The number of aromatic nitrogens is 1. The van der Waals surface area contributed by atoms with Crippen LogP contribution in [-0.4, -0.2) is 4.98 Å². The average molecular weight is 297 g/mol. The van der Waals surface area contributed by atoms with E-state index in [1.165, 1.54) is 18.3 Å². The number of benzene rings is 1. The second kappa shape index (κ2) is 4.71. The molecule has 0 saturated carbocycles. The number of hydrogen-bond acceptors (Lipinski definition) is 3. The van der Waals surface area contributed by atoms with E-state index in [1.54, 1.807) is 12.1 Å². The molecule has 1 heterocycles. The van der Waals surface area contributed by atoms with Crippen LogP contribution < -0.4 is 10.5 Å². The van der Waals surface area contributed by atoms with Crippen molar-refractivity contribution in [1.29, 1.82) is 0 Å². The van der Waals surface area contributed by atoms with Crippen LogP contribution in [0, 0.1) is 12.7 Å². The minimum absolute atomic E-state index is 0.373. The highest BCUT2D eigenvalue weighted by Crippen LogP contribution is 2.27. The summed E-state index contributed by atoms with van der Waals surface area (Å²) in [7, 11) is 0. The molecule has 0 spiro atoms. The van der Waals surface area contributed by atoms with Crippen molar-refractivity contribution in [3.05, 3.63) is 46.3 Å². The first-order valence-corrected chi connectivity index (χ1v) is 5.70. The Kier molecular flexibility index (Phi) is 3.28. The molecule has 2 N–H and O–H groups in total. The lowest BCUT2D eigenvalue weighted by molar-refractivity contribution is 0.454. The highest BCUT2D eigenvalue weighted by molar-refractivity contribution is 9.10.